The number of hydrogen-bond donors (Lipinski definition) is 0. The molecule has 0 radical (unpaired) electrons. The average molecular weight is 1160 g/mol. The van der Waals surface area contributed by atoms with E-state index in [1.165, 1.54) is 5.56 Å². The first kappa shape index (κ1) is 45.6. The number of hydrogen-bond acceptors (Lipinski definition) is 4. The van der Waals surface area contributed by atoms with Crippen LogP contribution < -0.4 is 14.5 Å². The van der Waals surface area contributed by atoms with Gasteiger partial charge in [0.1, 0.15) is 5.82 Å². The van der Waals surface area contributed by atoms with Gasteiger partial charge in [0.2, 0.25) is 0 Å². The maximum Gasteiger partial charge on any atom is 0.135 e. The number of para-hydroxylation sites is 4. The maximum atomic E-state index is 8.76. The molecule has 11 aromatic rings. The van der Waals surface area contributed by atoms with Crippen LogP contribution in [0.2, 0.25) is 0 Å². The fourth-order valence-corrected chi connectivity index (χ4v) is 10.3. The number of anilines is 4. The zero-order valence-corrected chi connectivity index (χ0v) is 45.1. The molecule has 1 aliphatic rings. The molecule has 0 saturated carbocycles. The molecular weight excluding hydrogens is 1100 g/mol. The summed E-state index contributed by atoms with van der Waals surface area (Å²) in [5.74, 6) is 1.46. The van der Waals surface area contributed by atoms with Gasteiger partial charge in [-0.1, -0.05) is 216 Å². The van der Waals surface area contributed by atoms with E-state index in [0.29, 0.717) is 28.4 Å². The Labute approximate surface area is 460 Å². The standard InChI is InChI=1S/C69H57N4O.Pt/c1-46-38-65(70-44-60(46)49-26-15-10-16-27-49)73-61-31-18-17-28-58(61)66-59(50-34-36-51(37-35-50)68(2,3)4)42-55(43-64(66)73)74-54-40-52(69(5,6)7)39-53(41-54)71-45-72(63-33-20-19-32-62(63)71)67-56(47-22-11-8-12-23-47)29-21-30-57(67)48-24-13-9-14-25-48;/h8-40,42,44-45H,1-7H3;/q-3;/i1D3;. The van der Waals surface area contributed by atoms with Crippen molar-refractivity contribution < 1.29 is 29.9 Å². The van der Waals surface area contributed by atoms with Gasteiger partial charge in [-0.25, -0.2) is 4.98 Å². The molecule has 0 saturated heterocycles. The fourth-order valence-electron chi connectivity index (χ4n) is 10.3. The fraction of sp³-hybridized carbons (Fsp3) is 0.130. The zero-order chi connectivity index (χ0) is 53.2. The Kier molecular flexibility index (Phi) is 12.0. The second kappa shape index (κ2) is 19.7. The molecule has 5 nitrogen and oxygen atoms in total. The predicted octanol–water partition coefficient (Wildman–Crippen LogP) is 18.5. The van der Waals surface area contributed by atoms with Gasteiger partial charge in [0.25, 0.3) is 0 Å². The zero-order valence-electron chi connectivity index (χ0n) is 45.8. The molecule has 2 aromatic heterocycles. The first-order valence-corrected chi connectivity index (χ1v) is 25.3. The maximum absolute atomic E-state index is 8.76. The van der Waals surface area contributed by atoms with Crippen molar-refractivity contribution in [2.45, 2.75) is 59.2 Å². The van der Waals surface area contributed by atoms with E-state index in [2.05, 4.69) is 228 Å². The second-order valence-electron chi connectivity index (χ2n) is 21.2. The van der Waals surface area contributed by atoms with Crippen molar-refractivity contribution in [2.24, 2.45) is 0 Å². The van der Waals surface area contributed by atoms with Crippen molar-refractivity contribution in [1.29, 1.82) is 0 Å². The van der Waals surface area contributed by atoms with Crippen LogP contribution in [0.15, 0.2) is 212 Å². The van der Waals surface area contributed by atoms with Crippen LogP contribution in [0.25, 0.3) is 72.1 Å². The Balaban J connectivity index is 0.00000645. The first-order valence-electron chi connectivity index (χ1n) is 26.8. The Morgan fingerprint density at radius 1 is 0.507 bits per heavy atom. The van der Waals surface area contributed by atoms with Crippen LogP contribution in [-0.2, 0) is 31.9 Å². The summed E-state index contributed by atoms with van der Waals surface area (Å²) in [4.78, 5) is 9.58. The van der Waals surface area contributed by atoms with Gasteiger partial charge < -0.3 is 19.1 Å². The Morgan fingerprint density at radius 3 is 1.67 bits per heavy atom. The number of ether oxygens (including phenoxy) is 1. The molecule has 6 heteroatoms. The van der Waals surface area contributed by atoms with E-state index in [1.807, 2.05) is 47.0 Å². The van der Waals surface area contributed by atoms with Gasteiger partial charge in [0.05, 0.1) is 0 Å². The largest absolute Gasteiger partial charge is 0.509 e. The summed E-state index contributed by atoms with van der Waals surface area (Å²) >= 11 is 0. The quantitative estimate of drug-likeness (QED) is 0.135. The smallest absolute Gasteiger partial charge is 0.135 e. The summed E-state index contributed by atoms with van der Waals surface area (Å²) < 4.78 is 35.5. The van der Waals surface area contributed by atoms with Gasteiger partial charge in [-0.15, -0.1) is 53.8 Å². The average Bonchev–Trinajstić information content (AvgIpc) is 4.20. The van der Waals surface area contributed by atoms with Gasteiger partial charge in [0.15, 0.2) is 0 Å². The topological polar surface area (TPSA) is 33.5 Å². The van der Waals surface area contributed by atoms with Gasteiger partial charge in [0, 0.05) is 82.1 Å². The van der Waals surface area contributed by atoms with Crippen LogP contribution >= 0.6 is 0 Å². The number of rotatable bonds is 9. The van der Waals surface area contributed by atoms with Crippen LogP contribution in [0.5, 0.6) is 11.5 Å². The summed E-state index contributed by atoms with van der Waals surface area (Å²) in [5, 5.41) is 1.92. The molecule has 75 heavy (non-hydrogen) atoms. The predicted molar refractivity (Wildman–Crippen MR) is 308 cm³/mol. The minimum Gasteiger partial charge on any atom is -0.509 e. The molecule has 0 fully saturated rings. The van der Waals surface area contributed by atoms with Gasteiger partial charge in [-0.2, -0.15) is 0 Å². The van der Waals surface area contributed by atoms with Gasteiger partial charge in [-0.3, -0.25) is 0 Å². The first-order chi connectivity index (χ1) is 37.1. The van der Waals surface area contributed by atoms with Crippen LogP contribution in [-0.4, -0.2) is 9.55 Å². The summed E-state index contributed by atoms with van der Waals surface area (Å²) in [6, 6.07) is 78.3. The third-order valence-corrected chi connectivity index (χ3v) is 14.2. The number of aromatic nitrogens is 2. The summed E-state index contributed by atoms with van der Waals surface area (Å²) in [6.07, 6.45) is 1.69. The number of pyridine rings is 1. The molecule has 0 unspecified atom stereocenters. The van der Waals surface area contributed by atoms with Crippen molar-refractivity contribution in [3.05, 3.63) is 248 Å². The number of benzene rings is 9. The molecule has 0 aliphatic carbocycles. The molecule has 1 aliphatic heterocycles. The molecule has 9 aromatic carbocycles. The Bertz CT molecular complexity index is 3940. The number of fused-ring (bicyclic) bond motifs is 4. The summed E-state index contributed by atoms with van der Waals surface area (Å²) in [5.41, 5.74) is 15.4. The van der Waals surface area contributed by atoms with E-state index < -0.39 is 6.85 Å². The minimum absolute atomic E-state index is 0. The van der Waals surface area contributed by atoms with Gasteiger partial charge in [-0.05, 0) is 80.7 Å². The van der Waals surface area contributed by atoms with Gasteiger partial charge >= 0.3 is 0 Å². The molecular formula is C69H57N4OPt-3. The van der Waals surface area contributed by atoms with Crippen molar-refractivity contribution in [3.8, 4) is 61.8 Å². The monoisotopic (exact) mass is 1160 g/mol. The molecule has 0 amide bonds. The molecule has 12 rings (SSSR count). The molecule has 0 atom stereocenters. The van der Waals surface area contributed by atoms with Crippen LogP contribution in [0.4, 0.5) is 22.7 Å². The molecule has 372 valence electrons. The number of nitrogens with zero attached hydrogens (tertiary/aromatic N) is 4. The Hall–Kier alpha value is -7.98. The van der Waals surface area contributed by atoms with E-state index in [0.717, 1.165) is 83.5 Å². The van der Waals surface area contributed by atoms with Crippen molar-refractivity contribution in [1.82, 2.24) is 9.55 Å². The molecule has 0 spiro atoms. The van der Waals surface area contributed by atoms with E-state index in [9.17, 15) is 0 Å². The van der Waals surface area contributed by atoms with Crippen molar-refractivity contribution in [3.63, 3.8) is 0 Å². The minimum atomic E-state index is -2.43. The van der Waals surface area contributed by atoms with E-state index >= 15 is 0 Å². The Morgan fingerprint density at radius 2 is 1.05 bits per heavy atom. The summed E-state index contributed by atoms with van der Waals surface area (Å²) in [6.45, 7) is 13.1. The van der Waals surface area contributed by atoms with E-state index in [4.69, 9.17) is 13.8 Å². The van der Waals surface area contributed by atoms with E-state index in [1.54, 1.807) is 12.3 Å². The normalized spacial score (nSPS) is 13.3. The number of aryl methyl sites for hydroxylation is 1. The third kappa shape index (κ3) is 9.25. The van der Waals surface area contributed by atoms with Crippen molar-refractivity contribution in [2.75, 3.05) is 9.80 Å². The molecule has 3 heterocycles. The van der Waals surface area contributed by atoms with Crippen LogP contribution in [0.1, 0.15) is 62.3 Å². The summed E-state index contributed by atoms with van der Waals surface area (Å²) in [7, 11) is 0. The molecule has 0 N–H and O–H groups in total. The van der Waals surface area contributed by atoms with Crippen LogP contribution in [0, 0.1) is 25.7 Å². The van der Waals surface area contributed by atoms with E-state index in [-0.39, 0.29) is 37.5 Å². The third-order valence-electron chi connectivity index (χ3n) is 14.2. The van der Waals surface area contributed by atoms with Crippen LogP contribution in [0.3, 0.4) is 0 Å². The second-order valence-corrected chi connectivity index (χ2v) is 21.2. The molecule has 0 bridgehead atoms. The SMILES string of the molecule is [2H]C([2H])([2H])c1cc(-n2c3[c-]c(Oc4[c-]c(N5[CH-]N(c6c(-c7ccccc7)cccc6-c6ccccc6)c6ccccc65)cc(C(C)(C)C)c4)cc(-c4ccc(C(C)(C)C)cc4)c3c3ccccc32)ncc1-c1ccccc1.[Pt]. The van der Waals surface area contributed by atoms with Crippen molar-refractivity contribution >= 4 is 44.6 Å².